The van der Waals surface area contributed by atoms with E-state index < -0.39 is 3.37 Å². The van der Waals surface area contributed by atoms with Crippen molar-refractivity contribution < 1.29 is 0 Å². The van der Waals surface area contributed by atoms with E-state index in [0.717, 1.165) is 0 Å². The maximum atomic E-state index is 4.98. The Morgan fingerprint density at radius 3 is 0.800 bits per heavy atom. The average molecular weight is 479 g/mol. The average Bonchev–Trinajstić information content (AvgIpc) is 1.14. The predicted octanol–water partition coefficient (Wildman–Crippen LogP) is 7.71. The molecule has 10 heavy (non-hydrogen) atoms. The van der Waals surface area contributed by atoms with E-state index >= 15 is 0 Å². The second kappa shape index (κ2) is 6.27. The molecule has 0 nitrogen and oxygen atoms in total. The van der Waals surface area contributed by atoms with E-state index in [4.69, 9.17) is 56.2 Å². The van der Waals surface area contributed by atoms with Crippen LogP contribution in [0.3, 0.4) is 0 Å². The summed E-state index contributed by atoms with van der Waals surface area (Å²) in [4.78, 5) is 0. The number of rotatable bonds is 0. The van der Waals surface area contributed by atoms with Gasteiger partial charge >= 0.3 is 59.6 Å². The van der Waals surface area contributed by atoms with Crippen LogP contribution in [0, 0.1) is 0 Å². The van der Waals surface area contributed by atoms with E-state index in [9.17, 15) is 0 Å². The van der Waals surface area contributed by atoms with Crippen LogP contribution in [0.15, 0.2) is 0 Å². The molecule has 0 atom stereocenters. The molecule has 0 saturated heterocycles. The molecule has 10 heteroatoms. The van der Waals surface area contributed by atoms with Gasteiger partial charge in [0.05, 0.1) is 0 Å². The van der Waals surface area contributed by atoms with Crippen molar-refractivity contribution in [2.45, 2.75) is 0 Å². The zero-order valence-corrected chi connectivity index (χ0v) is 14.2. The van der Waals surface area contributed by atoms with Crippen molar-refractivity contribution in [3.63, 3.8) is 0 Å². The zero-order chi connectivity index (χ0) is 9.02. The van der Waals surface area contributed by atoms with Gasteiger partial charge in [-0.1, -0.05) is 0 Å². The van der Waals surface area contributed by atoms with E-state index in [0.29, 0.717) is 0 Å². The fourth-order valence-corrected chi connectivity index (χ4v) is 0. The molecule has 0 rings (SSSR count). The van der Waals surface area contributed by atoms with Gasteiger partial charge in [-0.2, -0.15) is 0 Å². The van der Waals surface area contributed by atoms with E-state index in [-0.39, 0.29) is 4.03 Å². The molecular formula is Br3Cl5P2. The van der Waals surface area contributed by atoms with Crippen molar-refractivity contribution in [3.05, 3.63) is 0 Å². The number of halogens is 8. The van der Waals surface area contributed by atoms with Crippen LogP contribution in [0.1, 0.15) is 0 Å². The summed E-state index contributed by atoms with van der Waals surface area (Å²) >= 11 is 34.4. The van der Waals surface area contributed by atoms with Gasteiger partial charge in [-0.25, -0.2) is 0 Å². The first-order valence-corrected chi connectivity index (χ1v) is 15.5. The van der Waals surface area contributed by atoms with E-state index in [2.05, 4.69) is 46.5 Å². The van der Waals surface area contributed by atoms with Gasteiger partial charge in [0.1, 0.15) is 4.03 Å². The van der Waals surface area contributed by atoms with E-state index in [1.165, 1.54) is 0 Å². The van der Waals surface area contributed by atoms with Crippen molar-refractivity contribution in [1.82, 2.24) is 0 Å². The molecule has 0 saturated carbocycles. The Balaban J connectivity index is 0. The molecule has 0 aromatic carbocycles. The minimum atomic E-state index is -3.69. The van der Waals surface area contributed by atoms with Crippen LogP contribution in [0.25, 0.3) is 0 Å². The molecule has 0 bridgehead atoms. The normalized spacial score (nSPS) is 15.1. The molecule has 0 aliphatic heterocycles. The first-order valence-electron chi connectivity index (χ1n) is 1.35. The fraction of sp³-hybridized carbons (Fsp3) is 0. The third kappa shape index (κ3) is 96.6. The van der Waals surface area contributed by atoms with Gasteiger partial charge < -0.3 is 0 Å². The van der Waals surface area contributed by atoms with Crippen LogP contribution in [0.4, 0.5) is 0 Å². The summed E-state index contributed by atoms with van der Waals surface area (Å²) < 4.78 is -3.87. The van der Waals surface area contributed by atoms with Crippen LogP contribution >= 0.6 is 110 Å². The van der Waals surface area contributed by atoms with Crippen molar-refractivity contribution in [2.24, 2.45) is 0 Å². The van der Waals surface area contributed by atoms with Crippen molar-refractivity contribution >= 4 is 110 Å². The molecule has 0 unspecified atom stereocenters. The SMILES string of the molecule is BrP(Br)Br.ClP(Cl)(Cl)(Cl)Cl. The molecule has 0 aromatic rings. The third-order valence-corrected chi connectivity index (χ3v) is 0. The molecule has 0 spiro atoms. The zero-order valence-electron chi connectivity index (χ0n) is 3.92. The summed E-state index contributed by atoms with van der Waals surface area (Å²) in [6, 6.07) is 0. The number of hydrogen-bond donors (Lipinski definition) is 0. The molecule has 0 fully saturated rings. The first kappa shape index (κ1) is 16.2. The minimum absolute atomic E-state index is 0.183. The molecule has 0 heterocycles. The first-order chi connectivity index (χ1) is 3.97. The summed E-state index contributed by atoms with van der Waals surface area (Å²) in [6.45, 7) is 0. The Labute approximate surface area is 108 Å². The second-order valence-electron chi connectivity index (χ2n) is 0.831. The van der Waals surface area contributed by atoms with Gasteiger partial charge in [0.15, 0.2) is 0 Å². The Morgan fingerprint density at radius 2 is 0.800 bits per heavy atom. The van der Waals surface area contributed by atoms with Crippen LogP contribution < -0.4 is 0 Å². The Bertz CT molecular complexity index is 73.1. The summed E-state index contributed by atoms with van der Waals surface area (Å²) in [6.07, 6.45) is 0. The fourth-order valence-electron chi connectivity index (χ4n) is 0. The standard InChI is InChI=1S/Br3P.Cl5P/c1-4(2)3;1-6(2,3,4)5. The van der Waals surface area contributed by atoms with Gasteiger partial charge in [0, 0.05) is 0 Å². The van der Waals surface area contributed by atoms with Crippen molar-refractivity contribution in [1.29, 1.82) is 0 Å². The monoisotopic (exact) mass is 474 g/mol. The Kier molecular flexibility index (Phi) is 10.2. The summed E-state index contributed by atoms with van der Waals surface area (Å²) in [5.41, 5.74) is 0. The second-order valence-corrected chi connectivity index (χ2v) is 32.8. The molecule has 0 aliphatic carbocycles. The maximum absolute atomic E-state index is 4.98. The van der Waals surface area contributed by atoms with Crippen molar-refractivity contribution in [2.75, 3.05) is 0 Å². The van der Waals surface area contributed by atoms with Crippen molar-refractivity contribution in [3.8, 4) is 0 Å². The molecular weight excluding hydrogens is 479 g/mol. The Morgan fingerprint density at radius 1 is 0.800 bits per heavy atom. The molecule has 0 aromatic heterocycles. The van der Waals surface area contributed by atoms with Crippen LogP contribution in [-0.4, -0.2) is 0 Å². The van der Waals surface area contributed by atoms with Gasteiger partial charge in [-0.3, -0.25) is 0 Å². The van der Waals surface area contributed by atoms with Crippen LogP contribution in [-0.2, 0) is 0 Å². The summed E-state index contributed by atoms with van der Waals surface area (Å²) in [5.74, 6) is 0. The molecule has 0 N–H and O–H groups in total. The van der Waals surface area contributed by atoms with Gasteiger partial charge in [-0.15, -0.1) is 0 Å². The quantitative estimate of drug-likeness (QED) is 0.313. The molecule has 0 radical (unpaired) electrons. The Hall–Kier alpha value is 3.75. The van der Waals surface area contributed by atoms with Gasteiger partial charge in [0.2, 0.25) is 0 Å². The topological polar surface area (TPSA) is 0 Å². The van der Waals surface area contributed by atoms with Crippen LogP contribution in [0.5, 0.6) is 0 Å². The summed E-state index contributed by atoms with van der Waals surface area (Å²) in [7, 11) is 0. The van der Waals surface area contributed by atoms with Crippen LogP contribution in [0.2, 0.25) is 0 Å². The van der Waals surface area contributed by atoms with E-state index in [1.807, 2.05) is 0 Å². The molecule has 0 amide bonds. The van der Waals surface area contributed by atoms with E-state index in [1.54, 1.807) is 0 Å². The molecule has 0 aliphatic rings. The molecule has 66 valence electrons. The predicted molar refractivity (Wildman–Crippen MR) is 69.9 cm³/mol. The number of hydrogen-bond acceptors (Lipinski definition) is 0. The summed E-state index contributed by atoms with van der Waals surface area (Å²) in [5, 5.41) is 0. The third-order valence-electron chi connectivity index (χ3n) is 0. The van der Waals surface area contributed by atoms with Gasteiger partial charge in [-0.05, 0) is 46.5 Å². The van der Waals surface area contributed by atoms with Gasteiger partial charge in [0.25, 0.3) is 0 Å².